The lowest BCUT2D eigenvalue weighted by Gasteiger charge is -2.15. The first-order chi connectivity index (χ1) is 13.1. The monoisotopic (exact) mass is 404 g/mol. The van der Waals surface area contributed by atoms with Gasteiger partial charge in [0.15, 0.2) is 16.6 Å². The van der Waals surface area contributed by atoms with E-state index in [1.54, 1.807) is 18.2 Å². The van der Waals surface area contributed by atoms with Crippen molar-refractivity contribution in [2.75, 3.05) is 26.6 Å². The van der Waals surface area contributed by atoms with Crippen LogP contribution in [0.1, 0.15) is 10.4 Å². The van der Waals surface area contributed by atoms with Gasteiger partial charge in [-0.25, -0.2) is 4.98 Å². The molecule has 1 heterocycles. The van der Waals surface area contributed by atoms with Crippen molar-refractivity contribution < 1.29 is 19.0 Å². The van der Waals surface area contributed by atoms with Gasteiger partial charge in [0.1, 0.15) is 0 Å². The van der Waals surface area contributed by atoms with Gasteiger partial charge in [0.2, 0.25) is 5.75 Å². The van der Waals surface area contributed by atoms with E-state index in [1.165, 1.54) is 32.7 Å². The molecule has 0 atom stereocenters. The minimum Gasteiger partial charge on any atom is -0.493 e. The van der Waals surface area contributed by atoms with E-state index in [0.717, 1.165) is 5.56 Å². The molecule has 0 aliphatic heterocycles. The molecule has 0 aliphatic rings. The number of methoxy groups -OCH3 is 3. The second kappa shape index (κ2) is 8.28. The van der Waals surface area contributed by atoms with Crippen LogP contribution in [0.2, 0.25) is 5.02 Å². The van der Waals surface area contributed by atoms with Crippen LogP contribution >= 0.6 is 22.9 Å². The number of halogens is 1. The summed E-state index contributed by atoms with van der Waals surface area (Å²) in [6.45, 7) is 0. The fourth-order valence-electron chi connectivity index (χ4n) is 2.57. The van der Waals surface area contributed by atoms with Crippen LogP contribution in [0.4, 0.5) is 5.13 Å². The number of ether oxygens (including phenoxy) is 3. The van der Waals surface area contributed by atoms with Gasteiger partial charge in [-0.05, 0) is 18.2 Å². The normalized spacial score (nSPS) is 10.4. The smallest absolute Gasteiger partial charge is 0.261 e. The highest BCUT2D eigenvalue weighted by Crippen LogP contribution is 2.40. The Balaban J connectivity index is 1.88. The van der Waals surface area contributed by atoms with Crippen molar-refractivity contribution >= 4 is 34.0 Å². The highest BCUT2D eigenvalue weighted by atomic mass is 35.5. The van der Waals surface area contributed by atoms with Crippen LogP contribution in [-0.4, -0.2) is 32.2 Å². The average Bonchev–Trinajstić information content (AvgIpc) is 3.14. The van der Waals surface area contributed by atoms with Gasteiger partial charge in [-0.15, -0.1) is 11.3 Å². The number of anilines is 1. The zero-order valence-corrected chi connectivity index (χ0v) is 16.5. The Kier molecular flexibility index (Phi) is 5.83. The summed E-state index contributed by atoms with van der Waals surface area (Å²) in [7, 11) is 4.47. The van der Waals surface area contributed by atoms with Crippen LogP contribution in [-0.2, 0) is 0 Å². The molecule has 140 valence electrons. The molecule has 2 aromatic carbocycles. The molecule has 0 unspecified atom stereocenters. The van der Waals surface area contributed by atoms with Crippen LogP contribution in [0.15, 0.2) is 41.8 Å². The molecule has 0 spiro atoms. The second-order valence-electron chi connectivity index (χ2n) is 5.35. The Morgan fingerprint density at radius 1 is 1.04 bits per heavy atom. The number of rotatable bonds is 6. The number of carbonyl (C=O) groups is 1. The second-order valence-corrected chi connectivity index (χ2v) is 6.62. The molecule has 3 rings (SSSR count). The van der Waals surface area contributed by atoms with E-state index in [9.17, 15) is 4.79 Å². The molecule has 8 heteroatoms. The summed E-state index contributed by atoms with van der Waals surface area (Å²) in [5.74, 6) is 0.745. The van der Waals surface area contributed by atoms with E-state index >= 15 is 0 Å². The summed E-state index contributed by atoms with van der Waals surface area (Å²) in [6, 6.07) is 10.7. The van der Waals surface area contributed by atoms with Gasteiger partial charge in [-0.1, -0.05) is 29.8 Å². The lowest BCUT2D eigenvalue weighted by atomic mass is 10.1. The number of aromatic nitrogens is 1. The largest absolute Gasteiger partial charge is 0.493 e. The maximum absolute atomic E-state index is 12.7. The van der Waals surface area contributed by atoms with Gasteiger partial charge in [0, 0.05) is 16.0 Å². The van der Waals surface area contributed by atoms with Gasteiger partial charge in [-0.3, -0.25) is 10.1 Å². The van der Waals surface area contributed by atoms with E-state index in [2.05, 4.69) is 10.3 Å². The van der Waals surface area contributed by atoms with Crippen LogP contribution in [0.3, 0.4) is 0 Å². The summed E-state index contributed by atoms with van der Waals surface area (Å²) < 4.78 is 15.9. The third kappa shape index (κ3) is 3.84. The van der Waals surface area contributed by atoms with Crippen LogP contribution in [0.5, 0.6) is 17.2 Å². The summed E-state index contributed by atoms with van der Waals surface area (Å²) in [5, 5.41) is 5.67. The quantitative estimate of drug-likeness (QED) is 0.642. The standard InChI is InChI=1S/C19H17ClN2O4S/c1-24-15-9-8-12(16(25-2)17(15)26-3)18(23)22-19-21-14(10-27-19)11-6-4-5-7-13(11)20/h4-10H,1-3H3,(H,21,22,23). The fraction of sp³-hybridized carbons (Fsp3) is 0.158. The zero-order chi connectivity index (χ0) is 19.4. The van der Waals surface area contributed by atoms with Gasteiger partial charge in [-0.2, -0.15) is 0 Å². The number of benzene rings is 2. The summed E-state index contributed by atoms with van der Waals surface area (Å²) in [4.78, 5) is 17.2. The predicted molar refractivity (Wildman–Crippen MR) is 107 cm³/mol. The van der Waals surface area contributed by atoms with Crippen LogP contribution in [0.25, 0.3) is 11.3 Å². The van der Waals surface area contributed by atoms with Crippen LogP contribution in [0, 0.1) is 0 Å². The van der Waals surface area contributed by atoms with Gasteiger partial charge >= 0.3 is 0 Å². The van der Waals surface area contributed by atoms with Crippen molar-refractivity contribution in [2.24, 2.45) is 0 Å². The van der Waals surface area contributed by atoms with E-state index < -0.39 is 0 Å². The fourth-order valence-corrected chi connectivity index (χ4v) is 3.51. The van der Waals surface area contributed by atoms with Crippen molar-refractivity contribution in [1.29, 1.82) is 0 Å². The Labute approximate surface area is 165 Å². The molecule has 1 amide bonds. The SMILES string of the molecule is COc1ccc(C(=O)Nc2nc(-c3ccccc3Cl)cs2)c(OC)c1OC. The first-order valence-corrected chi connectivity index (χ1v) is 9.15. The third-order valence-electron chi connectivity index (χ3n) is 3.82. The first-order valence-electron chi connectivity index (χ1n) is 7.89. The average molecular weight is 405 g/mol. The van der Waals surface area contributed by atoms with Gasteiger partial charge in [0.05, 0.1) is 32.6 Å². The van der Waals surface area contributed by atoms with E-state index in [1.807, 2.05) is 23.6 Å². The maximum Gasteiger partial charge on any atom is 0.261 e. The number of hydrogen-bond acceptors (Lipinski definition) is 6. The zero-order valence-electron chi connectivity index (χ0n) is 14.9. The lowest BCUT2D eigenvalue weighted by molar-refractivity contribution is 0.102. The van der Waals surface area contributed by atoms with Gasteiger partial charge < -0.3 is 14.2 Å². The molecular weight excluding hydrogens is 388 g/mol. The van der Waals surface area contributed by atoms with E-state index in [4.69, 9.17) is 25.8 Å². The van der Waals surface area contributed by atoms with E-state index in [0.29, 0.717) is 32.9 Å². The van der Waals surface area contributed by atoms with E-state index in [-0.39, 0.29) is 11.7 Å². The lowest BCUT2D eigenvalue weighted by Crippen LogP contribution is -2.13. The number of hydrogen-bond donors (Lipinski definition) is 1. The summed E-state index contributed by atoms with van der Waals surface area (Å²) in [5.41, 5.74) is 1.81. The Bertz CT molecular complexity index is 974. The number of nitrogens with one attached hydrogen (secondary N) is 1. The highest BCUT2D eigenvalue weighted by molar-refractivity contribution is 7.14. The molecular formula is C19H17ClN2O4S. The minimum atomic E-state index is -0.368. The predicted octanol–water partition coefficient (Wildman–Crippen LogP) is 4.74. The minimum absolute atomic E-state index is 0.289. The van der Waals surface area contributed by atoms with Crippen molar-refractivity contribution in [3.8, 4) is 28.5 Å². The van der Waals surface area contributed by atoms with Crippen molar-refractivity contribution in [3.63, 3.8) is 0 Å². The van der Waals surface area contributed by atoms with Crippen molar-refractivity contribution in [1.82, 2.24) is 4.98 Å². The molecule has 0 saturated heterocycles. The first kappa shape index (κ1) is 19.0. The molecule has 0 saturated carbocycles. The molecule has 1 N–H and O–H groups in total. The number of amides is 1. The van der Waals surface area contributed by atoms with Crippen LogP contribution < -0.4 is 19.5 Å². The third-order valence-corrected chi connectivity index (χ3v) is 4.91. The summed E-state index contributed by atoms with van der Waals surface area (Å²) >= 11 is 7.51. The number of carbonyl (C=O) groups excluding carboxylic acids is 1. The molecule has 0 fully saturated rings. The molecule has 1 aromatic heterocycles. The van der Waals surface area contributed by atoms with Crippen molar-refractivity contribution in [2.45, 2.75) is 0 Å². The highest BCUT2D eigenvalue weighted by Gasteiger charge is 2.21. The molecule has 3 aromatic rings. The van der Waals surface area contributed by atoms with Gasteiger partial charge in [0.25, 0.3) is 5.91 Å². The Morgan fingerprint density at radius 2 is 1.78 bits per heavy atom. The Morgan fingerprint density at radius 3 is 2.44 bits per heavy atom. The topological polar surface area (TPSA) is 69.7 Å². The summed E-state index contributed by atoms with van der Waals surface area (Å²) in [6.07, 6.45) is 0. The molecule has 0 radical (unpaired) electrons. The number of thiazole rings is 1. The molecule has 27 heavy (non-hydrogen) atoms. The molecule has 0 aliphatic carbocycles. The Hall–Kier alpha value is -2.77. The number of nitrogens with zero attached hydrogens (tertiary/aromatic N) is 1. The molecule has 6 nitrogen and oxygen atoms in total. The molecule has 0 bridgehead atoms. The van der Waals surface area contributed by atoms with Crippen molar-refractivity contribution in [3.05, 3.63) is 52.4 Å². The maximum atomic E-state index is 12.7.